The van der Waals surface area contributed by atoms with Gasteiger partial charge in [0.1, 0.15) is 5.82 Å². The van der Waals surface area contributed by atoms with Crippen LogP contribution in [0, 0.1) is 5.82 Å². The highest BCUT2D eigenvalue weighted by atomic mass is 35.5. The Kier molecular flexibility index (Phi) is 3.44. The summed E-state index contributed by atoms with van der Waals surface area (Å²) in [7, 11) is -3.88. The molecule has 18 heavy (non-hydrogen) atoms. The number of sulfonamides is 1. The lowest BCUT2D eigenvalue weighted by atomic mass is 10.3. The lowest BCUT2D eigenvalue weighted by Crippen LogP contribution is -2.14. The van der Waals surface area contributed by atoms with Crippen molar-refractivity contribution in [2.45, 2.75) is 4.90 Å². The second-order valence-corrected chi connectivity index (χ2v) is 5.34. The van der Waals surface area contributed by atoms with Crippen LogP contribution in [-0.4, -0.2) is 18.4 Å². The van der Waals surface area contributed by atoms with Crippen molar-refractivity contribution < 1.29 is 12.8 Å². The lowest BCUT2D eigenvalue weighted by Gasteiger charge is -2.06. The molecule has 0 bridgehead atoms. The molecule has 1 aromatic heterocycles. The normalized spacial score (nSPS) is 11.2. The van der Waals surface area contributed by atoms with Gasteiger partial charge in [-0.05, 0) is 24.3 Å². The highest BCUT2D eigenvalue weighted by Crippen LogP contribution is 2.20. The summed E-state index contributed by atoms with van der Waals surface area (Å²) in [5.41, 5.74) is 0. The van der Waals surface area contributed by atoms with E-state index < -0.39 is 15.8 Å². The van der Waals surface area contributed by atoms with Gasteiger partial charge in [0.15, 0.2) is 0 Å². The predicted molar refractivity (Wildman–Crippen MR) is 64.3 cm³/mol. The number of rotatable bonds is 3. The number of aromatic nitrogens is 2. The first-order chi connectivity index (χ1) is 8.49. The second-order valence-electron chi connectivity index (χ2n) is 3.25. The number of benzene rings is 1. The Morgan fingerprint density at radius 1 is 1.22 bits per heavy atom. The highest BCUT2D eigenvalue weighted by Gasteiger charge is 2.16. The Bertz CT molecular complexity index is 664. The van der Waals surface area contributed by atoms with Gasteiger partial charge >= 0.3 is 0 Å². The SMILES string of the molecule is O=S(=O)(Nc1ncccn1)c1ccc(F)c(Cl)c1. The minimum Gasteiger partial charge on any atom is -0.247 e. The van der Waals surface area contributed by atoms with Gasteiger partial charge in [-0.2, -0.15) is 0 Å². The van der Waals surface area contributed by atoms with Crippen LogP contribution in [0.1, 0.15) is 0 Å². The summed E-state index contributed by atoms with van der Waals surface area (Å²) in [5, 5.41) is -0.271. The fraction of sp³-hybridized carbons (Fsp3) is 0. The molecule has 0 radical (unpaired) electrons. The fourth-order valence-corrected chi connectivity index (χ4v) is 2.40. The molecule has 0 aliphatic carbocycles. The van der Waals surface area contributed by atoms with Gasteiger partial charge < -0.3 is 0 Å². The van der Waals surface area contributed by atoms with E-state index in [9.17, 15) is 12.8 Å². The van der Waals surface area contributed by atoms with E-state index in [-0.39, 0.29) is 15.9 Å². The van der Waals surface area contributed by atoms with Crippen molar-refractivity contribution >= 4 is 27.6 Å². The van der Waals surface area contributed by atoms with E-state index in [4.69, 9.17) is 11.6 Å². The molecule has 1 heterocycles. The molecule has 1 N–H and O–H groups in total. The van der Waals surface area contributed by atoms with E-state index in [1.54, 1.807) is 6.07 Å². The van der Waals surface area contributed by atoms with E-state index in [0.717, 1.165) is 18.2 Å². The molecule has 0 saturated carbocycles. The van der Waals surface area contributed by atoms with Gasteiger partial charge in [0.25, 0.3) is 10.0 Å². The zero-order valence-electron chi connectivity index (χ0n) is 8.84. The van der Waals surface area contributed by atoms with Gasteiger partial charge in [-0.1, -0.05) is 11.6 Å². The third-order valence-corrected chi connectivity index (χ3v) is 3.61. The van der Waals surface area contributed by atoms with Crippen molar-refractivity contribution in [3.05, 3.63) is 47.5 Å². The van der Waals surface area contributed by atoms with Gasteiger partial charge in [0.2, 0.25) is 5.95 Å². The zero-order chi connectivity index (χ0) is 13.2. The summed E-state index contributed by atoms with van der Waals surface area (Å²) in [6, 6.07) is 4.64. The van der Waals surface area contributed by atoms with Crippen LogP contribution in [0.5, 0.6) is 0 Å². The van der Waals surface area contributed by atoms with E-state index in [1.165, 1.54) is 12.4 Å². The maximum Gasteiger partial charge on any atom is 0.264 e. The van der Waals surface area contributed by atoms with Crippen LogP contribution in [0.3, 0.4) is 0 Å². The number of halogens is 2. The van der Waals surface area contributed by atoms with E-state index in [1.807, 2.05) is 0 Å². The molecule has 2 rings (SSSR count). The molecule has 0 atom stereocenters. The number of nitrogens with zero attached hydrogens (tertiary/aromatic N) is 2. The Morgan fingerprint density at radius 2 is 1.89 bits per heavy atom. The number of nitrogens with one attached hydrogen (secondary N) is 1. The van der Waals surface area contributed by atoms with E-state index in [2.05, 4.69) is 14.7 Å². The van der Waals surface area contributed by atoms with Gasteiger partial charge in [-0.15, -0.1) is 0 Å². The average Bonchev–Trinajstić information content (AvgIpc) is 2.33. The van der Waals surface area contributed by atoms with Crippen molar-refractivity contribution in [2.24, 2.45) is 0 Å². The topological polar surface area (TPSA) is 72.0 Å². The summed E-state index contributed by atoms with van der Waals surface area (Å²) < 4.78 is 38.9. The van der Waals surface area contributed by atoms with Crippen LogP contribution in [0.25, 0.3) is 0 Å². The average molecular weight is 288 g/mol. The molecule has 0 fully saturated rings. The number of hydrogen-bond acceptors (Lipinski definition) is 4. The molecular formula is C10H7ClFN3O2S. The van der Waals surface area contributed by atoms with Crippen LogP contribution in [0.15, 0.2) is 41.6 Å². The molecule has 8 heteroatoms. The van der Waals surface area contributed by atoms with Crippen LogP contribution in [0.4, 0.5) is 10.3 Å². The molecule has 0 spiro atoms. The molecule has 2 aromatic rings. The Balaban J connectivity index is 2.34. The summed E-state index contributed by atoms with van der Waals surface area (Å²) in [4.78, 5) is 7.28. The molecule has 5 nitrogen and oxygen atoms in total. The van der Waals surface area contributed by atoms with Crippen LogP contribution in [0.2, 0.25) is 5.02 Å². The molecule has 0 aliphatic heterocycles. The van der Waals surface area contributed by atoms with Gasteiger partial charge in [0, 0.05) is 12.4 Å². The molecule has 0 unspecified atom stereocenters. The lowest BCUT2D eigenvalue weighted by molar-refractivity contribution is 0.599. The van der Waals surface area contributed by atoms with Crippen molar-refractivity contribution in [3.63, 3.8) is 0 Å². The largest absolute Gasteiger partial charge is 0.264 e. The molecular weight excluding hydrogens is 281 g/mol. The Labute approximate surface area is 108 Å². The zero-order valence-corrected chi connectivity index (χ0v) is 10.4. The Morgan fingerprint density at radius 3 is 2.50 bits per heavy atom. The highest BCUT2D eigenvalue weighted by molar-refractivity contribution is 7.92. The predicted octanol–water partition coefficient (Wildman–Crippen LogP) is 2.07. The summed E-state index contributed by atoms with van der Waals surface area (Å²) in [5.74, 6) is -0.760. The number of hydrogen-bond donors (Lipinski definition) is 1. The number of anilines is 1. The monoisotopic (exact) mass is 287 g/mol. The van der Waals surface area contributed by atoms with Gasteiger partial charge in [-0.3, -0.25) is 0 Å². The molecule has 94 valence electrons. The standard InChI is InChI=1S/C10H7ClFN3O2S/c11-8-6-7(2-3-9(8)12)18(16,17)15-10-13-4-1-5-14-10/h1-6H,(H,13,14,15). The smallest absolute Gasteiger partial charge is 0.247 e. The van der Waals surface area contributed by atoms with Gasteiger partial charge in [0.05, 0.1) is 9.92 Å². The summed E-state index contributed by atoms with van der Waals surface area (Å²) >= 11 is 5.52. The first-order valence-corrected chi connectivity index (χ1v) is 6.60. The minimum atomic E-state index is -3.88. The minimum absolute atomic E-state index is 0.0713. The molecule has 1 aromatic carbocycles. The third-order valence-electron chi connectivity index (χ3n) is 1.99. The van der Waals surface area contributed by atoms with Crippen LogP contribution < -0.4 is 4.72 Å². The third kappa shape index (κ3) is 2.74. The van der Waals surface area contributed by atoms with E-state index in [0.29, 0.717) is 0 Å². The molecule has 0 aliphatic rings. The molecule has 0 amide bonds. The quantitative estimate of drug-likeness (QED) is 0.938. The maximum absolute atomic E-state index is 12.9. The van der Waals surface area contributed by atoms with Gasteiger partial charge in [-0.25, -0.2) is 27.5 Å². The van der Waals surface area contributed by atoms with Crippen molar-refractivity contribution in [2.75, 3.05) is 4.72 Å². The van der Waals surface area contributed by atoms with Crippen molar-refractivity contribution in [1.29, 1.82) is 0 Å². The van der Waals surface area contributed by atoms with Crippen molar-refractivity contribution in [1.82, 2.24) is 9.97 Å². The first kappa shape index (κ1) is 12.7. The Hall–Kier alpha value is -1.73. The maximum atomic E-state index is 12.9. The fourth-order valence-electron chi connectivity index (χ4n) is 1.17. The second kappa shape index (κ2) is 4.87. The summed E-state index contributed by atoms with van der Waals surface area (Å²) in [6.45, 7) is 0. The van der Waals surface area contributed by atoms with Crippen molar-refractivity contribution in [3.8, 4) is 0 Å². The summed E-state index contributed by atoms with van der Waals surface area (Å²) in [6.07, 6.45) is 2.78. The van der Waals surface area contributed by atoms with E-state index >= 15 is 0 Å². The van der Waals surface area contributed by atoms with Crippen LogP contribution in [-0.2, 0) is 10.0 Å². The first-order valence-electron chi connectivity index (χ1n) is 4.74. The van der Waals surface area contributed by atoms with Crippen LogP contribution >= 0.6 is 11.6 Å². The molecule has 0 saturated heterocycles.